The normalized spacial score (nSPS) is 18.4. The van der Waals surface area contributed by atoms with Crippen LogP contribution in [0.2, 0.25) is 0 Å². The van der Waals surface area contributed by atoms with Gasteiger partial charge in [-0.25, -0.2) is 4.98 Å². The molecule has 1 fully saturated rings. The maximum Gasteiger partial charge on any atom is 0.259 e. The molecule has 7 heteroatoms. The van der Waals surface area contributed by atoms with E-state index >= 15 is 0 Å². The van der Waals surface area contributed by atoms with Gasteiger partial charge in [0.2, 0.25) is 5.78 Å². The Morgan fingerprint density at radius 1 is 1.39 bits per heavy atom. The SMILES string of the molecule is O=C(c1ccsc1)N1CCCC[C@H]1c1cc(=O)n2ccnc2[nH]1. The molecular formula is C16H16N4O2S. The molecular weight excluding hydrogens is 312 g/mol. The lowest BCUT2D eigenvalue weighted by Crippen LogP contribution is -2.39. The number of aromatic nitrogens is 3. The number of carbonyl (C=O) groups excluding carboxylic acids is 1. The Labute approximate surface area is 136 Å². The Morgan fingerprint density at radius 3 is 3.13 bits per heavy atom. The third-order valence-electron chi connectivity index (χ3n) is 4.30. The van der Waals surface area contributed by atoms with Crippen LogP contribution in [0.5, 0.6) is 0 Å². The molecule has 118 valence electrons. The maximum absolute atomic E-state index is 12.8. The van der Waals surface area contributed by atoms with Gasteiger partial charge in [0.1, 0.15) is 0 Å². The number of fused-ring (bicyclic) bond motifs is 1. The van der Waals surface area contributed by atoms with Crippen molar-refractivity contribution in [1.82, 2.24) is 19.3 Å². The summed E-state index contributed by atoms with van der Waals surface area (Å²) in [5, 5.41) is 3.78. The fourth-order valence-electron chi connectivity index (χ4n) is 3.17. The first-order valence-electron chi connectivity index (χ1n) is 7.63. The van der Waals surface area contributed by atoms with Crippen molar-refractivity contribution in [2.75, 3.05) is 6.54 Å². The van der Waals surface area contributed by atoms with Crippen LogP contribution < -0.4 is 5.56 Å². The molecule has 0 unspecified atom stereocenters. The van der Waals surface area contributed by atoms with Gasteiger partial charge in [-0.05, 0) is 30.7 Å². The molecule has 1 aliphatic heterocycles. The molecule has 6 nitrogen and oxygen atoms in total. The van der Waals surface area contributed by atoms with E-state index in [0.717, 1.165) is 25.0 Å². The number of piperidine rings is 1. The van der Waals surface area contributed by atoms with Crippen molar-refractivity contribution in [1.29, 1.82) is 0 Å². The van der Waals surface area contributed by atoms with Gasteiger partial charge >= 0.3 is 0 Å². The number of hydrogen-bond acceptors (Lipinski definition) is 4. The molecule has 1 aliphatic rings. The fourth-order valence-corrected chi connectivity index (χ4v) is 3.80. The minimum absolute atomic E-state index is 0.0278. The quantitative estimate of drug-likeness (QED) is 0.785. The second-order valence-electron chi connectivity index (χ2n) is 5.71. The summed E-state index contributed by atoms with van der Waals surface area (Å²) >= 11 is 1.52. The summed E-state index contributed by atoms with van der Waals surface area (Å²) in [4.78, 5) is 34.2. The summed E-state index contributed by atoms with van der Waals surface area (Å²) in [6.45, 7) is 0.709. The third-order valence-corrected chi connectivity index (χ3v) is 4.99. The highest BCUT2D eigenvalue weighted by Crippen LogP contribution is 2.31. The monoisotopic (exact) mass is 328 g/mol. The average Bonchev–Trinajstić information content (AvgIpc) is 3.25. The molecule has 0 aliphatic carbocycles. The van der Waals surface area contributed by atoms with Gasteiger partial charge in [0.25, 0.3) is 11.5 Å². The first kappa shape index (κ1) is 14.2. The lowest BCUT2D eigenvalue weighted by atomic mass is 9.98. The van der Waals surface area contributed by atoms with Crippen molar-refractivity contribution in [3.05, 3.63) is 56.9 Å². The van der Waals surface area contributed by atoms with Gasteiger partial charge in [0.15, 0.2) is 0 Å². The van der Waals surface area contributed by atoms with E-state index in [1.807, 2.05) is 21.7 Å². The van der Waals surface area contributed by atoms with E-state index in [9.17, 15) is 9.59 Å². The number of likely N-dealkylation sites (tertiary alicyclic amines) is 1. The Hall–Kier alpha value is -2.41. The number of nitrogens with one attached hydrogen (secondary N) is 1. The van der Waals surface area contributed by atoms with E-state index in [4.69, 9.17) is 0 Å². The zero-order valence-corrected chi connectivity index (χ0v) is 13.3. The van der Waals surface area contributed by atoms with E-state index in [2.05, 4.69) is 9.97 Å². The van der Waals surface area contributed by atoms with Crippen LogP contribution >= 0.6 is 11.3 Å². The number of aromatic amines is 1. The number of H-pyrrole nitrogens is 1. The molecule has 4 heterocycles. The van der Waals surface area contributed by atoms with Crippen molar-refractivity contribution in [3.8, 4) is 0 Å². The zero-order valence-electron chi connectivity index (χ0n) is 12.4. The highest BCUT2D eigenvalue weighted by Gasteiger charge is 2.30. The molecule has 3 aromatic rings. The molecule has 0 spiro atoms. The van der Waals surface area contributed by atoms with E-state index in [1.165, 1.54) is 15.7 Å². The minimum atomic E-state index is -0.125. The van der Waals surface area contributed by atoms with Crippen molar-refractivity contribution >= 4 is 23.0 Å². The summed E-state index contributed by atoms with van der Waals surface area (Å²) in [5.74, 6) is 0.543. The molecule has 1 N–H and O–H groups in total. The smallest absolute Gasteiger partial charge is 0.259 e. The number of nitrogens with zero attached hydrogens (tertiary/aromatic N) is 3. The van der Waals surface area contributed by atoms with Crippen LogP contribution in [0.15, 0.2) is 40.1 Å². The molecule has 23 heavy (non-hydrogen) atoms. The van der Waals surface area contributed by atoms with Crippen molar-refractivity contribution in [2.24, 2.45) is 0 Å². The standard InChI is InChI=1S/C16H16N4O2S/c21-14-9-12(18-16-17-5-7-20(14)16)13-3-1-2-6-19(13)15(22)11-4-8-23-10-11/h4-5,7-10,13H,1-3,6H2,(H,17,18)/t13-/m0/s1. The fraction of sp³-hybridized carbons (Fsp3) is 0.312. The van der Waals surface area contributed by atoms with Crippen LogP contribution in [0.1, 0.15) is 41.4 Å². The summed E-state index contributed by atoms with van der Waals surface area (Å²) in [5.41, 5.74) is 1.35. The average molecular weight is 328 g/mol. The van der Waals surface area contributed by atoms with E-state index in [-0.39, 0.29) is 17.5 Å². The van der Waals surface area contributed by atoms with Gasteiger partial charge in [-0.15, -0.1) is 0 Å². The second-order valence-corrected chi connectivity index (χ2v) is 6.49. The van der Waals surface area contributed by atoms with E-state index in [0.29, 0.717) is 17.9 Å². The van der Waals surface area contributed by atoms with Crippen LogP contribution in [0.25, 0.3) is 5.78 Å². The Morgan fingerprint density at radius 2 is 2.30 bits per heavy atom. The van der Waals surface area contributed by atoms with Crippen molar-refractivity contribution < 1.29 is 4.79 Å². The largest absolute Gasteiger partial charge is 0.330 e. The van der Waals surface area contributed by atoms with Crippen LogP contribution in [0, 0.1) is 0 Å². The van der Waals surface area contributed by atoms with E-state index < -0.39 is 0 Å². The van der Waals surface area contributed by atoms with Gasteiger partial charge in [0.05, 0.1) is 11.6 Å². The number of hydrogen-bond donors (Lipinski definition) is 1. The number of rotatable bonds is 2. The predicted molar refractivity (Wildman–Crippen MR) is 87.8 cm³/mol. The van der Waals surface area contributed by atoms with Gasteiger partial charge in [-0.3, -0.25) is 14.0 Å². The highest BCUT2D eigenvalue weighted by molar-refractivity contribution is 7.08. The van der Waals surface area contributed by atoms with E-state index in [1.54, 1.807) is 18.5 Å². The lowest BCUT2D eigenvalue weighted by Gasteiger charge is -2.35. The Kier molecular flexibility index (Phi) is 3.49. The topological polar surface area (TPSA) is 70.5 Å². The molecule has 0 saturated carbocycles. The molecule has 4 rings (SSSR count). The summed E-state index contributed by atoms with van der Waals surface area (Å²) < 4.78 is 1.47. The Balaban J connectivity index is 1.74. The molecule has 1 saturated heterocycles. The van der Waals surface area contributed by atoms with Crippen LogP contribution in [-0.2, 0) is 0 Å². The van der Waals surface area contributed by atoms with Crippen LogP contribution in [0.3, 0.4) is 0 Å². The van der Waals surface area contributed by atoms with Gasteiger partial charge in [0, 0.05) is 36.1 Å². The number of imidazole rings is 1. The zero-order chi connectivity index (χ0) is 15.8. The lowest BCUT2D eigenvalue weighted by molar-refractivity contribution is 0.0606. The molecule has 0 radical (unpaired) electrons. The maximum atomic E-state index is 12.8. The number of amides is 1. The van der Waals surface area contributed by atoms with Crippen LogP contribution in [0.4, 0.5) is 0 Å². The van der Waals surface area contributed by atoms with Crippen molar-refractivity contribution in [2.45, 2.75) is 25.3 Å². The van der Waals surface area contributed by atoms with Gasteiger partial charge in [-0.1, -0.05) is 0 Å². The van der Waals surface area contributed by atoms with Gasteiger partial charge < -0.3 is 9.88 Å². The minimum Gasteiger partial charge on any atom is -0.330 e. The predicted octanol–water partition coefficient (Wildman–Crippen LogP) is 2.45. The second kappa shape index (κ2) is 5.66. The Bertz CT molecular complexity index is 896. The third kappa shape index (κ3) is 2.46. The van der Waals surface area contributed by atoms with Gasteiger partial charge in [-0.2, -0.15) is 11.3 Å². The molecule has 3 aromatic heterocycles. The molecule has 0 aromatic carbocycles. The summed E-state index contributed by atoms with van der Waals surface area (Å²) in [6.07, 6.45) is 6.10. The number of thiophene rings is 1. The number of carbonyl (C=O) groups is 1. The molecule has 1 amide bonds. The first-order chi connectivity index (χ1) is 11.2. The summed E-state index contributed by atoms with van der Waals surface area (Å²) in [6, 6.07) is 3.32. The summed E-state index contributed by atoms with van der Waals surface area (Å²) in [7, 11) is 0. The first-order valence-corrected chi connectivity index (χ1v) is 8.58. The molecule has 1 atom stereocenters. The highest BCUT2D eigenvalue weighted by atomic mass is 32.1. The van der Waals surface area contributed by atoms with Crippen molar-refractivity contribution in [3.63, 3.8) is 0 Å². The molecule has 0 bridgehead atoms. The van der Waals surface area contributed by atoms with Crippen LogP contribution in [-0.4, -0.2) is 31.7 Å².